The van der Waals surface area contributed by atoms with Crippen LogP contribution in [0, 0.1) is 11.8 Å². The molecule has 0 aromatic heterocycles. The number of hydrogen-bond donors (Lipinski definition) is 1. The maximum Gasteiger partial charge on any atom is 0.145 e. The SMILES string of the molecule is CC1=CCCC(C=O)=CCCC(CO)C2CC(CC1)C(C)(C)O2. The second-order valence-electron chi connectivity index (χ2n) is 7.74. The van der Waals surface area contributed by atoms with Gasteiger partial charge in [0.15, 0.2) is 0 Å². The van der Waals surface area contributed by atoms with Crippen molar-refractivity contribution in [1.82, 2.24) is 0 Å². The van der Waals surface area contributed by atoms with Crippen LogP contribution in [0.3, 0.4) is 0 Å². The summed E-state index contributed by atoms with van der Waals surface area (Å²) in [5, 5.41) is 9.77. The first kappa shape index (κ1) is 18.4. The van der Waals surface area contributed by atoms with E-state index in [1.54, 1.807) is 0 Å². The second kappa shape index (κ2) is 8.25. The zero-order valence-electron chi connectivity index (χ0n) is 14.9. The third-order valence-electron chi connectivity index (χ3n) is 5.62. The average molecular weight is 320 g/mol. The Bertz CT molecular complexity index is 462. The van der Waals surface area contributed by atoms with Crippen molar-refractivity contribution in [3.63, 3.8) is 0 Å². The Balaban J connectivity index is 2.16. The molecule has 3 unspecified atom stereocenters. The number of aldehydes is 1. The Kier molecular flexibility index (Phi) is 6.60. The molecule has 0 aromatic rings. The molecule has 1 heterocycles. The van der Waals surface area contributed by atoms with Crippen molar-refractivity contribution in [3.05, 3.63) is 23.3 Å². The van der Waals surface area contributed by atoms with Crippen LogP contribution in [-0.4, -0.2) is 29.7 Å². The van der Waals surface area contributed by atoms with Crippen molar-refractivity contribution in [2.24, 2.45) is 11.8 Å². The minimum atomic E-state index is -0.109. The van der Waals surface area contributed by atoms with Gasteiger partial charge in [-0.3, -0.25) is 4.79 Å². The van der Waals surface area contributed by atoms with Crippen molar-refractivity contribution in [2.45, 2.75) is 77.4 Å². The van der Waals surface area contributed by atoms with E-state index in [0.29, 0.717) is 5.92 Å². The van der Waals surface area contributed by atoms with Gasteiger partial charge in [0.1, 0.15) is 6.29 Å². The van der Waals surface area contributed by atoms with Gasteiger partial charge in [0.25, 0.3) is 0 Å². The van der Waals surface area contributed by atoms with E-state index in [4.69, 9.17) is 4.74 Å². The van der Waals surface area contributed by atoms with Crippen LogP contribution in [0.15, 0.2) is 23.3 Å². The molecule has 1 aliphatic heterocycles. The molecule has 3 atom stereocenters. The first-order valence-electron chi connectivity index (χ1n) is 9.04. The molecule has 130 valence electrons. The summed E-state index contributed by atoms with van der Waals surface area (Å²) in [6.45, 7) is 6.73. The Morgan fingerprint density at radius 1 is 1.26 bits per heavy atom. The molecule has 3 nitrogen and oxygen atoms in total. The molecule has 1 fully saturated rings. The monoisotopic (exact) mass is 320 g/mol. The molecule has 2 bridgehead atoms. The van der Waals surface area contributed by atoms with Crippen LogP contribution in [0.2, 0.25) is 0 Å². The highest BCUT2D eigenvalue weighted by Crippen LogP contribution is 2.42. The number of allylic oxidation sites excluding steroid dienone is 4. The summed E-state index contributed by atoms with van der Waals surface area (Å²) >= 11 is 0. The van der Waals surface area contributed by atoms with Crippen molar-refractivity contribution in [2.75, 3.05) is 6.61 Å². The van der Waals surface area contributed by atoms with Crippen molar-refractivity contribution < 1.29 is 14.6 Å². The molecule has 2 rings (SSSR count). The Morgan fingerprint density at radius 2 is 2.04 bits per heavy atom. The molecule has 0 radical (unpaired) electrons. The van der Waals surface area contributed by atoms with Crippen LogP contribution in [0.4, 0.5) is 0 Å². The summed E-state index contributed by atoms with van der Waals surface area (Å²) in [5.74, 6) is 0.719. The fourth-order valence-electron chi connectivity index (χ4n) is 3.93. The number of aliphatic hydroxyl groups excluding tert-OH is 1. The predicted molar refractivity (Wildman–Crippen MR) is 93.2 cm³/mol. The summed E-state index contributed by atoms with van der Waals surface area (Å²) in [5.41, 5.74) is 2.18. The molecule has 2 aliphatic rings. The highest BCUT2D eigenvalue weighted by atomic mass is 16.5. The smallest absolute Gasteiger partial charge is 0.145 e. The van der Waals surface area contributed by atoms with Gasteiger partial charge < -0.3 is 9.84 Å². The third kappa shape index (κ3) is 5.02. The van der Waals surface area contributed by atoms with E-state index in [2.05, 4.69) is 26.8 Å². The summed E-state index contributed by atoms with van der Waals surface area (Å²) in [4.78, 5) is 11.2. The van der Waals surface area contributed by atoms with Crippen LogP contribution >= 0.6 is 0 Å². The lowest BCUT2D eigenvalue weighted by molar-refractivity contribution is -0.105. The van der Waals surface area contributed by atoms with Crippen LogP contribution in [0.1, 0.15) is 65.7 Å². The van der Waals surface area contributed by atoms with Crippen molar-refractivity contribution in [1.29, 1.82) is 0 Å². The zero-order valence-corrected chi connectivity index (χ0v) is 14.9. The van der Waals surface area contributed by atoms with E-state index < -0.39 is 0 Å². The molecule has 0 amide bonds. The van der Waals surface area contributed by atoms with E-state index in [9.17, 15) is 9.90 Å². The normalized spacial score (nSPS) is 32.6. The molecule has 1 aliphatic carbocycles. The fourth-order valence-corrected chi connectivity index (χ4v) is 3.93. The lowest BCUT2D eigenvalue weighted by Crippen LogP contribution is -2.30. The molecular formula is C20H32O3. The number of ether oxygens (including phenoxy) is 1. The maximum absolute atomic E-state index is 11.2. The largest absolute Gasteiger partial charge is 0.396 e. The van der Waals surface area contributed by atoms with Gasteiger partial charge in [0.2, 0.25) is 0 Å². The lowest BCUT2D eigenvalue weighted by atomic mass is 9.82. The highest BCUT2D eigenvalue weighted by Gasteiger charge is 2.43. The number of aliphatic hydroxyl groups is 1. The molecule has 3 heteroatoms. The topological polar surface area (TPSA) is 46.5 Å². The highest BCUT2D eigenvalue weighted by molar-refractivity contribution is 5.72. The second-order valence-corrected chi connectivity index (χ2v) is 7.74. The Labute approximate surface area is 140 Å². The first-order chi connectivity index (χ1) is 11.0. The number of fused-ring (bicyclic) bond motifs is 2. The summed E-state index contributed by atoms with van der Waals surface area (Å²) < 4.78 is 6.31. The number of carbonyl (C=O) groups excluding carboxylic acids is 1. The Hall–Kier alpha value is -0.930. The maximum atomic E-state index is 11.2. The van der Waals surface area contributed by atoms with Gasteiger partial charge in [0, 0.05) is 12.5 Å². The standard InChI is InChI=1S/C20H32O3/c1-15-6-4-7-16(13-21)8-5-9-17(14-22)19-12-18(11-10-15)20(2,3)23-19/h6,8,13,17-19,22H,4-5,7,9-12,14H2,1-3H3. The predicted octanol–water partition coefficient (Wildman–Crippen LogP) is 4.20. The fraction of sp³-hybridized carbons (Fsp3) is 0.750. The number of carbonyl (C=O) groups is 1. The van der Waals surface area contributed by atoms with Crippen LogP contribution in [0.5, 0.6) is 0 Å². The molecular weight excluding hydrogens is 288 g/mol. The number of hydrogen-bond acceptors (Lipinski definition) is 3. The molecule has 0 saturated carbocycles. The number of rotatable bonds is 2. The van der Waals surface area contributed by atoms with E-state index in [0.717, 1.165) is 56.8 Å². The van der Waals surface area contributed by atoms with Crippen molar-refractivity contribution in [3.8, 4) is 0 Å². The molecule has 1 N–H and O–H groups in total. The van der Waals surface area contributed by atoms with E-state index in [-0.39, 0.29) is 24.2 Å². The average Bonchev–Trinajstić information content (AvgIpc) is 2.81. The quantitative estimate of drug-likeness (QED) is 0.612. The summed E-state index contributed by atoms with van der Waals surface area (Å²) in [6, 6.07) is 0. The Morgan fingerprint density at radius 3 is 2.74 bits per heavy atom. The van der Waals surface area contributed by atoms with E-state index in [1.807, 2.05) is 6.08 Å². The minimum absolute atomic E-state index is 0.109. The molecule has 0 spiro atoms. The summed E-state index contributed by atoms with van der Waals surface area (Å²) in [6.07, 6.45) is 12.2. The van der Waals surface area contributed by atoms with Gasteiger partial charge >= 0.3 is 0 Å². The van der Waals surface area contributed by atoms with Gasteiger partial charge in [-0.25, -0.2) is 0 Å². The van der Waals surface area contributed by atoms with E-state index >= 15 is 0 Å². The van der Waals surface area contributed by atoms with Gasteiger partial charge in [-0.05, 0) is 77.2 Å². The van der Waals surface area contributed by atoms with Gasteiger partial charge in [0.05, 0.1) is 11.7 Å². The minimum Gasteiger partial charge on any atom is -0.396 e. The molecule has 1 saturated heterocycles. The van der Waals surface area contributed by atoms with Crippen molar-refractivity contribution >= 4 is 6.29 Å². The first-order valence-corrected chi connectivity index (χ1v) is 9.04. The molecule has 0 aromatic carbocycles. The van der Waals surface area contributed by atoms with Crippen LogP contribution < -0.4 is 0 Å². The van der Waals surface area contributed by atoms with Gasteiger partial charge in [-0.2, -0.15) is 0 Å². The molecule has 23 heavy (non-hydrogen) atoms. The van der Waals surface area contributed by atoms with E-state index in [1.165, 1.54) is 5.57 Å². The van der Waals surface area contributed by atoms with Gasteiger partial charge in [-0.15, -0.1) is 0 Å². The summed E-state index contributed by atoms with van der Waals surface area (Å²) in [7, 11) is 0. The van der Waals surface area contributed by atoms with Crippen LogP contribution in [-0.2, 0) is 9.53 Å². The lowest BCUT2D eigenvalue weighted by Gasteiger charge is -2.27. The third-order valence-corrected chi connectivity index (χ3v) is 5.62. The van der Waals surface area contributed by atoms with Gasteiger partial charge in [-0.1, -0.05) is 17.7 Å². The zero-order chi connectivity index (χ0) is 16.9. The van der Waals surface area contributed by atoms with Crippen LogP contribution in [0.25, 0.3) is 0 Å².